The van der Waals surface area contributed by atoms with Gasteiger partial charge in [-0.2, -0.15) is 0 Å². The highest BCUT2D eigenvalue weighted by Crippen LogP contribution is 2.39. The summed E-state index contributed by atoms with van der Waals surface area (Å²) in [6.45, 7) is 6.73. The molecule has 0 aliphatic heterocycles. The first-order chi connectivity index (χ1) is 10.5. The zero-order valence-corrected chi connectivity index (χ0v) is 14.2. The van der Waals surface area contributed by atoms with Crippen molar-refractivity contribution in [3.05, 3.63) is 35.9 Å². The van der Waals surface area contributed by atoms with Crippen LogP contribution in [0.1, 0.15) is 64.5 Å². The molecule has 0 amide bonds. The third-order valence-corrected chi connectivity index (χ3v) is 5.28. The molecule has 1 N–H and O–H groups in total. The maximum atomic E-state index is 12.7. The average Bonchev–Trinajstić information content (AvgIpc) is 2.52. The van der Waals surface area contributed by atoms with Crippen molar-refractivity contribution in [1.82, 2.24) is 0 Å². The zero-order valence-electron chi connectivity index (χ0n) is 14.2. The second-order valence-electron chi connectivity index (χ2n) is 7.36. The lowest BCUT2D eigenvalue weighted by molar-refractivity contribution is -0.127. The first-order valence-corrected chi connectivity index (χ1v) is 8.74. The van der Waals surface area contributed by atoms with Gasteiger partial charge in [0.25, 0.3) is 0 Å². The van der Waals surface area contributed by atoms with E-state index in [1.807, 2.05) is 30.3 Å². The van der Waals surface area contributed by atoms with Crippen LogP contribution in [0.5, 0.6) is 0 Å². The molecular weight excluding hydrogens is 272 g/mol. The second kappa shape index (κ2) is 7.92. The molecule has 2 rings (SSSR count). The van der Waals surface area contributed by atoms with E-state index >= 15 is 0 Å². The number of aliphatic hydroxyl groups is 1. The molecule has 22 heavy (non-hydrogen) atoms. The molecule has 0 radical (unpaired) electrons. The molecule has 0 saturated heterocycles. The van der Waals surface area contributed by atoms with Gasteiger partial charge in [0.15, 0.2) is 0 Å². The van der Waals surface area contributed by atoms with Crippen molar-refractivity contribution in [2.45, 2.75) is 59.0 Å². The molecule has 1 saturated carbocycles. The van der Waals surface area contributed by atoms with Gasteiger partial charge in [0, 0.05) is 12.3 Å². The maximum absolute atomic E-state index is 12.7. The molecule has 1 aromatic rings. The summed E-state index contributed by atoms with van der Waals surface area (Å²) in [4.78, 5) is 12.7. The summed E-state index contributed by atoms with van der Waals surface area (Å²) in [6, 6.07) is 9.65. The van der Waals surface area contributed by atoms with E-state index in [-0.39, 0.29) is 5.92 Å². The summed E-state index contributed by atoms with van der Waals surface area (Å²) < 4.78 is 0. The first kappa shape index (κ1) is 17.2. The number of aliphatic hydroxyl groups excluding tert-OH is 1. The fourth-order valence-corrected chi connectivity index (χ4v) is 3.88. The van der Waals surface area contributed by atoms with E-state index < -0.39 is 6.10 Å². The fourth-order valence-electron chi connectivity index (χ4n) is 3.88. The topological polar surface area (TPSA) is 37.3 Å². The predicted molar refractivity (Wildman–Crippen MR) is 90.5 cm³/mol. The fraction of sp³-hybridized carbons (Fsp3) is 0.650. The lowest BCUT2D eigenvalue weighted by atomic mass is 9.68. The van der Waals surface area contributed by atoms with Crippen LogP contribution in [0.3, 0.4) is 0 Å². The van der Waals surface area contributed by atoms with Crippen LogP contribution in [-0.4, -0.2) is 10.9 Å². The van der Waals surface area contributed by atoms with Crippen LogP contribution < -0.4 is 0 Å². The number of rotatable bonds is 6. The summed E-state index contributed by atoms with van der Waals surface area (Å²) >= 11 is 0. The van der Waals surface area contributed by atoms with Crippen LogP contribution in [0, 0.1) is 23.7 Å². The second-order valence-corrected chi connectivity index (χ2v) is 7.36. The molecule has 1 aliphatic rings. The van der Waals surface area contributed by atoms with Gasteiger partial charge in [0.1, 0.15) is 5.78 Å². The minimum atomic E-state index is -0.524. The van der Waals surface area contributed by atoms with Crippen molar-refractivity contribution < 1.29 is 9.90 Å². The van der Waals surface area contributed by atoms with Gasteiger partial charge < -0.3 is 5.11 Å². The lowest BCUT2D eigenvalue weighted by Crippen LogP contribution is -2.33. The molecule has 2 nitrogen and oxygen atoms in total. The molecule has 1 aromatic carbocycles. The van der Waals surface area contributed by atoms with E-state index in [0.29, 0.717) is 36.4 Å². The maximum Gasteiger partial charge on any atom is 0.136 e. The van der Waals surface area contributed by atoms with E-state index in [1.165, 1.54) is 12.8 Å². The van der Waals surface area contributed by atoms with Crippen LogP contribution in [0.4, 0.5) is 0 Å². The molecule has 0 unspecified atom stereocenters. The van der Waals surface area contributed by atoms with E-state index in [1.54, 1.807) is 0 Å². The van der Waals surface area contributed by atoms with E-state index in [4.69, 9.17) is 0 Å². The van der Waals surface area contributed by atoms with E-state index in [9.17, 15) is 9.90 Å². The molecule has 0 spiro atoms. The van der Waals surface area contributed by atoms with Crippen LogP contribution in [0.25, 0.3) is 0 Å². The molecule has 2 heteroatoms. The number of hydrogen-bond donors (Lipinski definition) is 1. The van der Waals surface area contributed by atoms with Gasteiger partial charge in [-0.05, 0) is 42.6 Å². The number of ketones is 1. The Bertz CT molecular complexity index is 466. The molecule has 0 aromatic heterocycles. The monoisotopic (exact) mass is 302 g/mol. The van der Waals surface area contributed by atoms with Gasteiger partial charge in [-0.1, -0.05) is 57.5 Å². The Morgan fingerprint density at radius 2 is 1.91 bits per heavy atom. The number of hydrogen-bond acceptors (Lipinski definition) is 2. The minimum absolute atomic E-state index is 0.201. The van der Waals surface area contributed by atoms with Gasteiger partial charge in [-0.15, -0.1) is 0 Å². The first-order valence-electron chi connectivity index (χ1n) is 8.74. The van der Waals surface area contributed by atoms with Crippen molar-refractivity contribution in [2.75, 3.05) is 0 Å². The number of benzene rings is 1. The Balaban J connectivity index is 1.92. The third kappa shape index (κ3) is 4.42. The van der Waals surface area contributed by atoms with Crippen LogP contribution in [-0.2, 0) is 4.79 Å². The quantitative estimate of drug-likeness (QED) is 0.821. The highest BCUT2D eigenvalue weighted by atomic mass is 16.3. The Morgan fingerprint density at radius 3 is 2.55 bits per heavy atom. The predicted octanol–water partition coefficient (Wildman–Crippen LogP) is 4.78. The molecule has 0 bridgehead atoms. The van der Waals surface area contributed by atoms with Crippen LogP contribution >= 0.6 is 0 Å². The standard InChI is InChI=1S/C20H30O2/c1-14(2)17-10-9-15(3)13-18(17)20(22)12-11-19(21)16-7-5-4-6-8-16/h4-8,14-15,17-19,21H,9-13H2,1-3H3/t15-,17+,18-,19-/m1/s1. The van der Waals surface area contributed by atoms with Crippen LogP contribution in [0.15, 0.2) is 30.3 Å². The molecule has 122 valence electrons. The minimum Gasteiger partial charge on any atom is -0.388 e. The molecule has 1 fully saturated rings. The molecule has 4 atom stereocenters. The van der Waals surface area contributed by atoms with Crippen molar-refractivity contribution >= 4 is 5.78 Å². The lowest BCUT2D eigenvalue weighted by Gasteiger charge is -2.36. The van der Waals surface area contributed by atoms with E-state index in [0.717, 1.165) is 12.0 Å². The Labute approximate surface area is 134 Å². The highest BCUT2D eigenvalue weighted by Gasteiger charge is 2.34. The smallest absolute Gasteiger partial charge is 0.136 e. The SMILES string of the molecule is CC(C)[C@@H]1CC[C@@H](C)C[C@H]1C(=O)CC[C@@H](O)c1ccccc1. The zero-order chi connectivity index (χ0) is 16.1. The molecule has 1 aliphatic carbocycles. The van der Waals surface area contributed by atoms with Crippen LogP contribution in [0.2, 0.25) is 0 Å². The summed E-state index contributed by atoms with van der Waals surface area (Å²) in [7, 11) is 0. The summed E-state index contributed by atoms with van der Waals surface area (Å²) in [5, 5.41) is 10.2. The summed E-state index contributed by atoms with van der Waals surface area (Å²) in [5.74, 6) is 2.31. The molecule has 0 heterocycles. The largest absolute Gasteiger partial charge is 0.388 e. The van der Waals surface area contributed by atoms with Crippen molar-refractivity contribution in [3.8, 4) is 0 Å². The summed E-state index contributed by atoms with van der Waals surface area (Å²) in [6.07, 6.45) is 3.97. The Kier molecular flexibility index (Phi) is 6.19. The van der Waals surface area contributed by atoms with Crippen molar-refractivity contribution in [2.24, 2.45) is 23.7 Å². The third-order valence-electron chi connectivity index (χ3n) is 5.28. The number of Topliss-reactive ketones (excluding diaryl/α,β-unsaturated/α-hetero) is 1. The van der Waals surface area contributed by atoms with Gasteiger partial charge in [0.05, 0.1) is 6.10 Å². The van der Waals surface area contributed by atoms with Gasteiger partial charge in [0.2, 0.25) is 0 Å². The Hall–Kier alpha value is -1.15. The normalized spacial score (nSPS) is 26.9. The van der Waals surface area contributed by atoms with Crippen molar-refractivity contribution in [3.63, 3.8) is 0 Å². The highest BCUT2D eigenvalue weighted by molar-refractivity contribution is 5.81. The average molecular weight is 302 g/mol. The van der Waals surface area contributed by atoms with Gasteiger partial charge >= 0.3 is 0 Å². The van der Waals surface area contributed by atoms with E-state index in [2.05, 4.69) is 20.8 Å². The van der Waals surface area contributed by atoms with Gasteiger partial charge in [-0.3, -0.25) is 4.79 Å². The van der Waals surface area contributed by atoms with Crippen molar-refractivity contribution in [1.29, 1.82) is 0 Å². The number of carbonyl (C=O) groups excluding carboxylic acids is 1. The molecular formula is C20H30O2. The van der Waals surface area contributed by atoms with Gasteiger partial charge in [-0.25, -0.2) is 0 Å². The Morgan fingerprint density at radius 1 is 1.23 bits per heavy atom. The number of carbonyl (C=O) groups is 1. The summed E-state index contributed by atoms with van der Waals surface area (Å²) in [5.41, 5.74) is 0.910.